The SMILES string of the molecule is C=C(/C=C/c1ccc(OC)c(OC)c1)O[Si](CC)(CC)CC. The number of hydrogen-bond donors (Lipinski definition) is 0. The molecule has 0 atom stereocenters. The van der Waals surface area contributed by atoms with E-state index in [0.29, 0.717) is 0 Å². The van der Waals surface area contributed by atoms with Crippen molar-refractivity contribution >= 4 is 14.4 Å². The quantitative estimate of drug-likeness (QED) is 0.353. The monoisotopic (exact) mass is 320 g/mol. The van der Waals surface area contributed by atoms with Gasteiger partial charge in [0.2, 0.25) is 8.32 Å². The Hall–Kier alpha value is -1.68. The highest BCUT2D eigenvalue weighted by Crippen LogP contribution is 2.29. The summed E-state index contributed by atoms with van der Waals surface area (Å²) in [6.45, 7) is 10.7. The van der Waals surface area contributed by atoms with Gasteiger partial charge in [-0.1, -0.05) is 39.5 Å². The Labute approximate surface area is 135 Å². The molecule has 1 aromatic rings. The second kappa shape index (κ2) is 8.69. The Morgan fingerprint density at radius 1 is 1.05 bits per heavy atom. The summed E-state index contributed by atoms with van der Waals surface area (Å²) in [5.41, 5.74) is 1.03. The Morgan fingerprint density at radius 2 is 1.64 bits per heavy atom. The smallest absolute Gasteiger partial charge is 0.250 e. The number of rotatable bonds is 9. The van der Waals surface area contributed by atoms with Gasteiger partial charge in [0, 0.05) is 0 Å². The lowest BCUT2D eigenvalue weighted by Gasteiger charge is -2.29. The maximum Gasteiger partial charge on any atom is 0.250 e. The number of ether oxygens (including phenoxy) is 2. The summed E-state index contributed by atoms with van der Waals surface area (Å²) in [5, 5.41) is 0. The van der Waals surface area contributed by atoms with Gasteiger partial charge >= 0.3 is 0 Å². The van der Waals surface area contributed by atoms with Gasteiger partial charge in [-0.2, -0.15) is 0 Å². The van der Waals surface area contributed by atoms with Gasteiger partial charge in [0.1, 0.15) is 0 Å². The summed E-state index contributed by atoms with van der Waals surface area (Å²) in [7, 11) is 1.62. The first-order chi connectivity index (χ1) is 10.5. The minimum Gasteiger partial charge on any atom is -0.544 e. The summed E-state index contributed by atoms with van der Waals surface area (Å²) in [4.78, 5) is 0. The van der Waals surface area contributed by atoms with Gasteiger partial charge in [-0.15, -0.1) is 0 Å². The minimum atomic E-state index is -1.65. The number of hydrogen-bond acceptors (Lipinski definition) is 3. The molecule has 0 fully saturated rings. The summed E-state index contributed by atoms with van der Waals surface area (Å²) < 4.78 is 16.8. The normalized spacial score (nSPS) is 11.5. The first kappa shape index (κ1) is 18.4. The van der Waals surface area contributed by atoms with Crippen molar-refractivity contribution in [1.82, 2.24) is 0 Å². The van der Waals surface area contributed by atoms with Crippen molar-refractivity contribution in [3.05, 3.63) is 42.2 Å². The molecule has 0 N–H and O–H groups in total. The van der Waals surface area contributed by atoms with Gasteiger partial charge in [0.25, 0.3) is 0 Å². The van der Waals surface area contributed by atoms with E-state index in [1.54, 1.807) is 14.2 Å². The van der Waals surface area contributed by atoms with Crippen molar-refractivity contribution in [2.45, 2.75) is 38.9 Å². The number of benzene rings is 1. The third-order valence-corrected chi connectivity index (χ3v) is 8.71. The predicted molar refractivity (Wildman–Crippen MR) is 96.0 cm³/mol. The van der Waals surface area contributed by atoms with E-state index in [1.165, 1.54) is 0 Å². The summed E-state index contributed by atoms with van der Waals surface area (Å²) in [5.74, 6) is 2.19. The zero-order chi connectivity index (χ0) is 16.6. The van der Waals surface area contributed by atoms with Gasteiger partial charge in [0.15, 0.2) is 11.5 Å². The number of allylic oxidation sites excluding steroid dienone is 1. The Balaban J connectivity index is 2.81. The van der Waals surface area contributed by atoms with Crippen molar-refractivity contribution in [3.63, 3.8) is 0 Å². The lowest BCUT2D eigenvalue weighted by Crippen LogP contribution is -2.34. The average Bonchev–Trinajstić information content (AvgIpc) is 2.57. The van der Waals surface area contributed by atoms with Gasteiger partial charge in [-0.25, -0.2) is 0 Å². The van der Waals surface area contributed by atoms with E-state index in [1.807, 2.05) is 30.4 Å². The maximum absolute atomic E-state index is 6.21. The largest absolute Gasteiger partial charge is 0.544 e. The topological polar surface area (TPSA) is 27.7 Å². The Morgan fingerprint density at radius 3 is 2.14 bits per heavy atom. The van der Waals surface area contributed by atoms with E-state index < -0.39 is 8.32 Å². The first-order valence-electron chi connectivity index (χ1n) is 7.82. The highest BCUT2D eigenvalue weighted by Gasteiger charge is 2.30. The molecule has 3 nitrogen and oxygen atoms in total. The molecule has 0 spiro atoms. The van der Waals surface area contributed by atoms with E-state index in [-0.39, 0.29) is 0 Å². The zero-order valence-electron chi connectivity index (χ0n) is 14.4. The molecule has 0 aliphatic rings. The second-order valence-electron chi connectivity index (χ2n) is 5.26. The average molecular weight is 321 g/mol. The minimum absolute atomic E-state index is 0.718. The van der Waals surface area contributed by atoms with Crippen LogP contribution in [0.1, 0.15) is 26.3 Å². The third-order valence-electron chi connectivity index (χ3n) is 4.15. The molecule has 0 heterocycles. The lowest BCUT2D eigenvalue weighted by atomic mass is 10.2. The molecule has 0 radical (unpaired) electrons. The van der Waals surface area contributed by atoms with Crippen LogP contribution < -0.4 is 9.47 Å². The fraction of sp³-hybridized carbons (Fsp3) is 0.444. The molecule has 0 amide bonds. The molecule has 1 rings (SSSR count). The summed E-state index contributed by atoms with van der Waals surface area (Å²) in [6.07, 6.45) is 3.93. The van der Waals surface area contributed by atoms with Crippen LogP contribution in [0.5, 0.6) is 11.5 Å². The molecule has 0 aromatic heterocycles. The van der Waals surface area contributed by atoms with E-state index in [4.69, 9.17) is 13.9 Å². The van der Waals surface area contributed by atoms with Crippen molar-refractivity contribution in [3.8, 4) is 11.5 Å². The molecular weight excluding hydrogens is 292 g/mol. The maximum atomic E-state index is 6.21. The van der Waals surface area contributed by atoms with Crippen molar-refractivity contribution < 1.29 is 13.9 Å². The molecule has 0 bridgehead atoms. The highest BCUT2D eigenvalue weighted by atomic mass is 28.4. The molecule has 22 heavy (non-hydrogen) atoms. The molecule has 122 valence electrons. The van der Waals surface area contributed by atoms with Crippen LogP contribution in [0, 0.1) is 0 Å². The zero-order valence-corrected chi connectivity index (χ0v) is 15.4. The second-order valence-corrected chi connectivity index (χ2v) is 9.95. The van der Waals surface area contributed by atoms with E-state index >= 15 is 0 Å². The van der Waals surface area contributed by atoms with Crippen LogP contribution in [0.15, 0.2) is 36.6 Å². The fourth-order valence-corrected chi connectivity index (χ4v) is 4.98. The van der Waals surface area contributed by atoms with Crippen LogP contribution in [0.25, 0.3) is 6.08 Å². The van der Waals surface area contributed by atoms with Gasteiger partial charge in [0.05, 0.1) is 20.0 Å². The first-order valence-corrected chi connectivity index (χ1v) is 10.3. The molecule has 1 aromatic carbocycles. The van der Waals surface area contributed by atoms with Crippen LogP contribution in [-0.4, -0.2) is 22.5 Å². The molecular formula is C18H28O3Si. The van der Waals surface area contributed by atoms with Crippen LogP contribution in [0.2, 0.25) is 18.1 Å². The Bertz CT molecular complexity index is 511. The molecule has 0 unspecified atom stereocenters. The van der Waals surface area contributed by atoms with E-state index in [2.05, 4.69) is 27.4 Å². The van der Waals surface area contributed by atoms with Crippen LogP contribution in [0.4, 0.5) is 0 Å². The van der Waals surface area contributed by atoms with E-state index in [0.717, 1.165) is 41.0 Å². The van der Waals surface area contributed by atoms with Gasteiger partial charge in [-0.05, 0) is 41.9 Å². The van der Waals surface area contributed by atoms with Gasteiger partial charge in [-0.3, -0.25) is 0 Å². The van der Waals surface area contributed by atoms with Crippen LogP contribution >= 0.6 is 0 Å². The molecule has 0 saturated heterocycles. The van der Waals surface area contributed by atoms with Crippen LogP contribution in [0.3, 0.4) is 0 Å². The van der Waals surface area contributed by atoms with Crippen molar-refractivity contribution in [2.24, 2.45) is 0 Å². The predicted octanol–water partition coefficient (Wildman–Crippen LogP) is 5.25. The summed E-state index contributed by atoms with van der Waals surface area (Å²) in [6, 6.07) is 9.16. The van der Waals surface area contributed by atoms with Gasteiger partial charge < -0.3 is 13.9 Å². The molecule has 0 saturated carbocycles. The molecule has 0 aliphatic carbocycles. The third kappa shape index (κ3) is 4.66. The lowest BCUT2D eigenvalue weighted by molar-refractivity contribution is 0.355. The Kier molecular flexibility index (Phi) is 7.25. The number of methoxy groups -OCH3 is 2. The van der Waals surface area contributed by atoms with Crippen molar-refractivity contribution in [1.29, 1.82) is 0 Å². The molecule has 0 aliphatic heterocycles. The van der Waals surface area contributed by atoms with E-state index in [9.17, 15) is 0 Å². The van der Waals surface area contributed by atoms with Crippen molar-refractivity contribution in [2.75, 3.05) is 14.2 Å². The van der Waals surface area contributed by atoms with Crippen LogP contribution in [-0.2, 0) is 4.43 Å². The molecule has 4 heteroatoms. The highest BCUT2D eigenvalue weighted by molar-refractivity contribution is 6.73. The summed E-state index contributed by atoms with van der Waals surface area (Å²) >= 11 is 0. The fourth-order valence-electron chi connectivity index (χ4n) is 2.42. The standard InChI is InChI=1S/C18H28O3Si/c1-7-22(8-2,9-3)21-15(4)10-11-16-12-13-17(19-5)18(14-16)20-6/h10-14H,4,7-9H2,1-3,5-6H3/b11-10+.